The molecule has 70 valence electrons. The average molecular weight is 170 g/mol. The topological polar surface area (TPSA) is 32.3 Å². The van der Waals surface area contributed by atoms with E-state index in [4.69, 9.17) is 0 Å². The van der Waals surface area contributed by atoms with Gasteiger partial charge >= 0.3 is 0 Å². The fourth-order valence-electron chi connectivity index (χ4n) is 2.06. The third-order valence-corrected chi connectivity index (χ3v) is 2.64. The highest BCUT2D eigenvalue weighted by Crippen LogP contribution is 2.44. The smallest absolute Gasteiger partial charge is 0.207 e. The number of hydrogen-bond donors (Lipinski definition) is 1. The number of rotatable bonds is 2. The molecule has 3 heteroatoms. The molecule has 0 bridgehead atoms. The molecule has 2 rings (SSSR count). The Kier molecular flexibility index (Phi) is 3.09. The van der Waals surface area contributed by atoms with Crippen molar-refractivity contribution in [2.45, 2.75) is 19.9 Å². The third kappa shape index (κ3) is 1.61. The molecule has 12 heavy (non-hydrogen) atoms. The van der Waals surface area contributed by atoms with Gasteiger partial charge in [0.25, 0.3) is 0 Å². The molecule has 2 atom stereocenters. The maximum Gasteiger partial charge on any atom is 0.207 e. The standard InChI is InChI=1S/C7H12N2O.C2H6/c1-9-2-5-6(3-9)7(5)8-4-10;1-2/h4-7H,2-3H2,1H3,(H,8,10);1-2H3. The van der Waals surface area contributed by atoms with Crippen LogP contribution >= 0.6 is 0 Å². The molecule has 3 nitrogen and oxygen atoms in total. The van der Waals surface area contributed by atoms with E-state index in [1.165, 1.54) is 0 Å². The van der Waals surface area contributed by atoms with Crippen LogP contribution in [-0.2, 0) is 4.79 Å². The van der Waals surface area contributed by atoms with Gasteiger partial charge in [-0.1, -0.05) is 13.8 Å². The van der Waals surface area contributed by atoms with E-state index in [-0.39, 0.29) is 0 Å². The highest BCUT2D eigenvalue weighted by molar-refractivity contribution is 5.48. The van der Waals surface area contributed by atoms with Crippen LogP contribution in [0.2, 0.25) is 0 Å². The maximum atomic E-state index is 10.0. The Morgan fingerprint density at radius 2 is 1.83 bits per heavy atom. The van der Waals surface area contributed by atoms with E-state index < -0.39 is 0 Å². The average Bonchev–Trinajstić information content (AvgIpc) is 2.58. The summed E-state index contributed by atoms with van der Waals surface area (Å²) in [4.78, 5) is 12.4. The number of piperidine rings is 1. The SMILES string of the molecule is CC.CN1CC2C(C1)C2NC=O. The van der Waals surface area contributed by atoms with Gasteiger partial charge in [-0.2, -0.15) is 0 Å². The van der Waals surface area contributed by atoms with E-state index in [2.05, 4.69) is 17.3 Å². The summed E-state index contributed by atoms with van der Waals surface area (Å²) in [6.45, 7) is 6.33. The second-order valence-electron chi connectivity index (χ2n) is 3.36. The van der Waals surface area contributed by atoms with Crippen molar-refractivity contribution in [3.63, 3.8) is 0 Å². The molecule has 2 unspecified atom stereocenters. The highest BCUT2D eigenvalue weighted by Gasteiger charge is 2.54. The molecule has 0 aromatic heterocycles. The summed E-state index contributed by atoms with van der Waals surface area (Å²) < 4.78 is 0. The van der Waals surface area contributed by atoms with E-state index in [0.29, 0.717) is 6.04 Å². The third-order valence-electron chi connectivity index (χ3n) is 2.64. The zero-order valence-corrected chi connectivity index (χ0v) is 8.08. The normalized spacial score (nSPS) is 37.8. The Labute approximate surface area is 74.1 Å². The second kappa shape index (κ2) is 3.90. The number of hydrogen-bond acceptors (Lipinski definition) is 2. The van der Waals surface area contributed by atoms with Gasteiger partial charge in [0.15, 0.2) is 0 Å². The Balaban J connectivity index is 0.000000336. The highest BCUT2D eigenvalue weighted by atomic mass is 16.1. The zero-order chi connectivity index (χ0) is 9.14. The number of likely N-dealkylation sites (tertiary alicyclic amines) is 1. The Morgan fingerprint density at radius 3 is 2.25 bits per heavy atom. The molecule has 0 aromatic carbocycles. The van der Waals surface area contributed by atoms with Crippen LogP contribution in [0.25, 0.3) is 0 Å². The van der Waals surface area contributed by atoms with Gasteiger partial charge in [-0.3, -0.25) is 4.79 Å². The van der Waals surface area contributed by atoms with E-state index in [1.54, 1.807) is 0 Å². The first kappa shape index (κ1) is 9.52. The molecule has 1 heterocycles. The molecule has 1 saturated heterocycles. The largest absolute Gasteiger partial charge is 0.355 e. The summed E-state index contributed by atoms with van der Waals surface area (Å²) in [5, 5.41) is 2.83. The van der Waals surface area contributed by atoms with E-state index in [9.17, 15) is 4.79 Å². The van der Waals surface area contributed by atoms with Crippen LogP contribution in [0, 0.1) is 11.8 Å². The second-order valence-corrected chi connectivity index (χ2v) is 3.36. The lowest BCUT2D eigenvalue weighted by atomic mass is 10.4. The predicted octanol–water partition coefficient (Wildman–Crippen LogP) is 0.319. The minimum atomic E-state index is 0.508. The van der Waals surface area contributed by atoms with Crippen molar-refractivity contribution in [2.75, 3.05) is 20.1 Å². The molecule has 2 aliphatic rings. The van der Waals surface area contributed by atoms with Crippen LogP contribution < -0.4 is 5.32 Å². The lowest BCUT2D eigenvalue weighted by Gasteiger charge is -2.11. The fourth-order valence-corrected chi connectivity index (χ4v) is 2.06. The number of amides is 1. The molecule has 1 N–H and O–H groups in total. The van der Waals surface area contributed by atoms with Gasteiger partial charge in [0, 0.05) is 19.1 Å². The van der Waals surface area contributed by atoms with Crippen LogP contribution in [-0.4, -0.2) is 37.5 Å². The molecule has 1 aliphatic carbocycles. The van der Waals surface area contributed by atoms with Crippen molar-refractivity contribution in [3.05, 3.63) is 0 Å². The van der Waals surface area contributed by atoms with E-state index in [1.807, 2.05) is 13.8 Å². The van der Waals surface area contributed by atoms with Crippen LogP contribution in [0.5, 0.6) is 0 Å². The molecule has 0 spiro atoms. The summed E-state index contributed by atoms with van der Waals surface area (Å²) in [7, 11) is 2.13. The first-order valence-corrected chi connectivity index (χ1v) is 4.71. The van der Waals surface area contributed by atoms with Crippen molar-refractivity contribution in [2.24, 2.45) is 11.8 Å². The Morgan fingerprint density at radius 1 is 1.33 bits per heavy atom. The van der Waals surface area contributed by atoms with Gasteiger partial charge in [0.1, 0.15) is 0 Å². The first-order valence-electron chi connectivity index (χ1n) is 4.71. The fraction of sp³-hybridized carbons (Fsp3) is 0.889. The lowest BCUT2D eigenvalue weighted by molar-refractivity contribution is -0.109. The molecule has 2 fully saturated rings. The summed E-state index contributed by atoms with van der Waals surface area (Å²) in [6, 6.07) is 0.508. The maximum absolute atomic E-state index is 10.0. The zero-order valence-electron chi connectivity index (χ0n) is 8.08. The Bertz CT molecular complexity index is 149. The van der Waals surface area contributed by atoms with Gasteiger partial charge < -0.3 is 10.2 Å². The first-order chi connectivity index (χ1) is 5.83. The molecule has 1 amide bonds. The Hall–Kier alpha value is -0.570. The van der Waals surface area contributed by atoms with Gasteiger partial charge in [-0.25, -0.2) is 0 Å². The number of nitrogens with zero attached hydrogens (tertiary/aromatic N) is 1. The van der Waals surface area contributed by atoms with Gasteiger partial charge in [0.2, 0.25) is 6.41 Å². The van der Waals surface area contributed by atoms with Crippen molar-refractivity contribution in [3.8, 4) is 0 Å². The van der Waals surface area contributed by atoms with E-state index in [0.717, 1.165) is 31.3 Å². The van der Waals surface area contributed by atoms with Crippen molar-refractivity contribution in [1.29, 1.82) is 0 Å². The number of carbonyl (C=O) groups excluding carboxylic acids is 1. The minimum Gasteiger partial charge on any atom is -0.355 e. The van der Waals surface area contributed by atoms with Gasteiger partial charge in [0.05, 0.1) is 0 Å². The summed E-state index contributed by atoms with van der Waals surface area (Å²) in [5.41, 5.74) is 0. The monoisotopic (exact) mass is 170 g/mol. The molecule has 0 radical (unpaired) electrons. The lowest BCUT2D eigenvalue weighted by Crippen LogP contribution is -2.27. The summed E-state index contributed by atoms with van der Waals surface area (Å²) >= 11 is 0. The number of fused-ring (bicyclic) bond motifs is 1. The van der Waals surface area contributed by atoms with Crippen molar-refractivity contribution in [1.82, 2.24) is 10.2 Å². The van der Waals surface area contributed by atoms with E-state index >= 15 is 0 Å². The number of nitrogens with one attached hydrogen (secondary N) is 1. The quantitative estimate of drug-likeness (QED) is 0.605. The number of carbonyl (C=O) groups is 1. The molecular weight excluding hydrogens is 152 g/mol. The van der Waals surface area contributed by atoms with Crippen LogP contribution in [0.1, 0.15) is 13.8 Å². The molecule has 0 aromatic rings. The molecule has 1 aliphatic heterocycles. The van der Waals surface area contributed by atoms with Gasteiger partial charge in [-0.15, -0.1) is 0 Å². The minimum absolute atomic E-state index is 0.508. The predicted molar refractivity (Wildman–Crippen MR) is 48.8 cm³/mol. The summed E-state index contributed by atoms with van der Waals surface area (Å²) in [5.74, 6) is 1.52. The molecular formula is C9H18N2O. The van der Waals surface area contributed by atoms with Gasteiger partial charge in [-0.05, 0) is 18.9 Å². The van der Waals surface area contributed by atoms with Crippen LogP contribution in [0.15, 0.2) is 0 Å². The molecule has 1 saturated carbocycles. The van der Waals surface area contributed by atoms with Crippen molar-refractivity contribution >= 4 is 6.41 Å². The van der Waals surface area contributed by atoms with Crippen LogP contribution in [0.4, 0.5) is 0 Å². The van der Waals surface area contributed by atoms with Crippen LogP contribution in [0.3, 0.4) is 0 Å². The summed E-state index contributed by atoms with van der Waals surface area (Å²) in [6.07, 6.45) is 0.822. The van der Waals surface area contributed by atoms with Crippen molar-refractivity contribution < 1.29 is 4.79 Å².